The SMILES string of the molecule is COP(=S)(Oc1nccc(C(F)(F)F)n1)SC. The third-order valence-electron chi connectivity index (χ3n) is 1.56. The number of nitrogens with zero attached hydrogens (tertiary/aromatic N) is 2. The topological polar surface area (TPSA) is 44.2 Å². The van der Waals surface area contributed by atoms with Crippen LogP contribution in [-0.4, -0.2) is 23.3 Å². The van der Waals surface area contributed by atoms with Crippen LogP contribution in [0.15, 0.2) is 12.3 Å². The molecule has 0 aliphatic carbocycles. The predicted molar refractivity (Wildman–Crippen MR) is 62.5 cm³/mol. The number of hydrogen-bond acceptors (Lipinski definition) is 6. The molecule has 0 aliphatic rings. The molecule has 1 aromatic rings. The molecule has 0 aliphatic heterocycles. The summed E-state index contributed by atoms with van der Waals surface area (Å²) in [4.78, 5) is 6.80. The van der Waals surface area contributed by atoms with Crippen molar-refractivity contribution in [3.63, 3.8) is 0 Å². The van der Waals surface area contributed by atoms with Crippen molar-refractivity contribution in [2.24, 2.45) is 0 Å². The Kier molecular flexibility index (Phi) is 4.77. The standard InChI is InChI=1S/C7H8F3N2O2PS2/c1-13-15(16,17-2)14-6-11-4-3-5(12-6)7(8,9)10/h3-4H,1-2H3. The Morgan fingerprint density at radius 1 is 1.47 bits per heavy atom. The first-order chi connectivity index (χ1) is 7.80. The van der Waals surface area contributed by atoms with E-state index in [4.69, 9.17) is 20.9 Å². The molecule has 4 nitrogen and oxygen atoms in total. The molecular weight excluding hydrogens is 296 g/mol. The molecule has 0 saturated heterocycles. The van der Waals surface area contributed by atoms with Gasteiger partial charge in [-0.25, -0.2) is 4.98 Å². The number of halogens is 3. The summed E-state index contributed by atoms with van der Waals surface area (Å²) in [5, 5.41) is 0. The van der Waals surface area contributed by atoms with Crippen molar-refractivity contribution < 1.29 is 22.2 Å². The number of rotatable bonds is 4. The molecule has 96 valence electrons. The van der Waals surface area contributed by atoms with E-state index in [2.05, 4.69) is 9.97 Å². The second-order valence-electron chi connectivity index (χ2n) is 2.63. The molecule has 0 N–H and O–H groups in total. The number of alkyl halides is 3. The van der Waals surface area contributed by atoms with Crippen molar-refractivity contribution in [2.45, 2.75) is 6.18 Å². The van der Waals surface area contributed by atoms with E-state index in [1.807, 2.05) is 0 Å². The Labute approximate surface area is 105 Å². The van der Waals surface area contributed by atoms with Crippen molar-refractivity contribution in [2.75, 3.05) is 13.4 Å². The fourth-order valence-corrected chi connectivity index (χ4v) is 2.45. The van der Waals surface area contributed by atoms with E-state index in [0.717, 1.165) is 23.6 Å². The van der Waals surface area contributed by atoms with Gasteiger partial charge in [0.2, 0.25) is 0 Å². The van der Waals surface area contributed by atoms with Crippen molar-refractivity contribution in [1.82, 2.24) is 9.97 Å². The molecule has 0 bridgehead atoms. The minimum atomic E-state index is -4.55. The Bertz CT molecular complexity index is 435. The molecule has 1 unspecified atom stereocenters. The highest BCUT2D eigenvalue weighted by atomic mass is 32.9. The zero-order chi connectivity index (χ0) is 13.1. The average molecular weight is 304 g/mol. The monoisotopic (exact) mass is 304 g/mol. The van der Waals surface area contributed by atoms with E-state index in [0.29, 0.717) is 0 Å². The molecule has 17 heavy (non-hydrogen) atoms. The molecule has 0 radical (unpaired) electrons. The first-order valence-corrected chi connectivity index (χ1v) is 8.59. The summed E-state index contributed by atoms with van der Waals surface area (Å²) in [6.45, 7) is 0. The van der Waals surface area contributed by atoms with Gasteiger partial charge in [0.15, 0.2) is 5.69 Å². The molecule has 1 aromatic heterocycles. The number of hydrogen-bond donors (Lipinski definition) is 0. The largest absolute Gasteiger partial charge is 0.433 e. The summed E-state index contributed by atoms with van der Waals surface area (Å²) in [6.07, 6.45) is -1.95. The van der Waals surface area contributed by atoms with Gasteiger partial charge in [0.1, 0.15) is 0 Å². The van der Waals surface area contributed by atoms with Crippen LogP contribution in [0, 0.1) is 0 Å². The molecule has 0 fully saturated rings. The lowest BCUT2D eigenvalue weighted by Gasteiger charge is -2.17. The van der Waals surface area contributed by atoms with Crippen LogP contribution in [0.25, 0.3) is 0 Å². The maximum absolute atomic E-state index is 12.4. The maximum atomic E-state index is 12.4. The van der Waals surface area contributed by atoms with E-state index in [9.17, 15) is 13.2 Å². The van der Waals surface area contributed by atoms with E-state index >= 15 is 0 Å². The third kappa shape index (κ3) is 4.09. The fourth-order valence-electron chi connectivity index (χ4n) is 0.792. The van der Waals surface area contributed by atoms with Gasteiger partial charge in [-0.1, -0.05) is 11.4 Å². The van der Waals surface area contributed by atoms with Crippen LogP contribution in [0.5, 0.6) is 6.01 Å². The Morgan fingerprint density at radius 2 is 2.12 bits per heavy atom. The zero-order valence-corrected chi connectivity index (χ0v) is 11.3. The average Bonchev–Trinajstić information content (AvgIpc) is 2.28. The fraction of sp³-hybridized carbons (Fsp3) is 0.429. The molecule has 0 amide bonds. The van der Waals surface area contributed by atoms with Gasteiger partial charge < -0.3 is 9.05 Å². The van der Waals surface area contributed by atoms with Gasteiger partial charge in [-0.15, -0.1) is 0 Å². The Balaban J connectivity index is 2.98. The molecule has 1 atom stereocenters. The molecule has 10 heteroatoms. The first kappa shape index (κ1) is 14.7. The summed E-state index contributed by atoms with van der Waals surface area (Å²) in [5.41, 5.74) is -3.80. The van der Waals surface area contributed by atoms with Crippen molar-refractivity contribution >= 4 is 28.9 Å². The highest BCUT2D eigenvalue weighted by molar-refractivity contribution is 8.67. The minimum absolute atomic E-state index is 0.431. The summed E-state index contributed by atoms with van der Waals surface area (Å²) in [7, 11) is 1.32. The lowest BCUT2D eigenvalue weighted by atomic mass is 10.4. The van der Waals surface area contributed by atoms with Crippen LogP contribution in [-0.2, 0) is 22.5 Å². The van der Waals surface area contributed by atoms with Crippen LogP contribution < -0.4 is 4.52 Å². The predicted octanol–water partition coefficient (Wildman–Crippen LogP) is 3.11. The lowest BCUT2D eigenvalue weighted by Crippen LogP contribution is -2.09. The molecule has 1 heterocycles. The van der Waals surface area contributed by atoms with Crippen LogP contribution in [0.2, 0.25) is 0 Å². The summed E-state index contributed by atoms with van der Waals surface area (Å²) < 4.78 is 47.1. The molecule has 0 saturated carbocycles. The van der Waals surface area contributed by atoms with E-state index in [1.54, 1.807) is 6.26 Å². The summed E-state index contributed by atoms with van der Waals surface area (Å²) in [5.74, 6) is 0. The van der Waals surface area contributed by atoms with Gasteiger partial charge in [0.05, 0.1) is 0 Å². The van der Waals surface area contributed by atoms with Crippen molar-refractivity contribution in [3.05, 3.63) is 18.0 Å². The highest BCUT2D eigenvalue weighted by Crippen LogP contribution is 2.57. The van der Waals surface area contributed by atoms with Crippen LogP contribution in [0.4, 0.5) is 13.2 Å². The van der Waals surface area contributed by atoms with Gasteiger partial charge >= 0.3 is 12.2 Å². The second kappa shape index (κ2) is 5.51. The van der Waals surface area contributed by atoms with Crippen LogP contribution in [0.1, 0.15) is 5.69 Å². The summed E-state index contributed by atoms with van der Waals surface area (Å²) in [6, 6.07) is 0.321. The molecule has 0 spiro atoms. The van der Waals surface area contributed by atoms with Gasteiger partial charge in [0.25, 0.3) is 5.69 Å². The van der Waals surface area contributed by atoms with E-state index in [1.165, 1.54) is 7.11 Å². The minimum Gasteiger partial charge on any atom is -0.402 e. The molecular formula is C7H8F3N2O2PS2. The maximum Gasteiger partial charge on any atom is 0.433 e. The quantitative estimate of drug-likeness (QED) is 0.796. The molecule has 0 aromatic carbocycles. The van der Waals surface area contributed by atoms with Gasteiger partial charge in [-0.3, -0.25) is 0 Å². The number of aromatic nitrogens is 2. The van der Waals surface area contributed by atoms with Gasteiger partial charge in [0, 0.05) is 13.3 Å². The normalized spacial score (nSPS) is 15.4. The van der Waals surface area contributed by atoms with E-state index in [-0.39, 0.29) is 0 Å². The molecule has 1 rings (SSSR count). The zero-order valence-electron chi connectivity index (χ0n) is 8.76. The Morgan fingerprint density at radius 3 is 2.59 bits per heavy atom. The lowest BCUT2D eigenvalue weighted by molar-refractivity contribution is -0.141. The van der Waals surface area contributed by atoms with Crippen molar-refractivity contribution in [1.29, 1.82) is 0 Å². The van der Waals surface area contributed by atoms with Crippen molar-refractivity contribution in [3.8, 4) is 6.01 Å². The van der Waals surface area contributed by atoms with Gasteiger partial charge in [-0.05, 0) is 24.1 Å². The Hall–Kier alpha value is -0.370. The van der Waals surface area contributed by atoms with E-state index < -0.39 is 23.6 Å². The second-order valence-corrected chi connectivity index (χ2v) is 9.11. The summed E-state index contributed by atoms with van der Waals surface area (Å²) >= 11 is 6.09. The van der Waals surface area contributed by atoms with Gasteiger partial charge in [-0.2, -0.15) is 18.2 Å². The first-order valence-electron chi connectivity index (χ1n) is 4.12. The van der Waals surface area contributed by atoms with Crippen LogP contribution in [0.3, 0.4) is 0 Å². The van der Waals surface area contributed by atoms with Crippen LogP contribution >= 0.6 is 17.1 Å². The highest BCUT2D eigenvalue weighted by Gasteiger charge is 2.33. The smallest absolute Gasteiger partial charge is 0.402 e. The third-order valence-corrected chi connectivity index (χ3v) is 6.87.